The first kappa shape index (κ1) is 39.1. The molecule has 1 aliphatic carbocycles. The zero-order valence-electron chi connectivity index (χ0n) is 11.0. The Morgan fingerprint density at radius 2 is 1.36 bits per heavy atom. The van der Waals surface area contributed by atoms with Gasteiger partial charge in [-0.3, -0.25) is 0 Å². The molecule has 25 heavy (non-hydrogen) atoms. The van der Waals surface area contributed by atoms with Crippen LogP contribution in [-0.2, 0) is 6.42 Å². The van der Waals surface area contributed by atoms with Crippen LogP contribution in [0.15, 0.2) is 12.1 Å². The number of hydrogen-bond donors (Lipinski definition) is 0. The average Bonchev–Trinajstić information content (AvgIpc) is 2.38. The molecule has 0 radical (unpaired) electrons. The van der Waals surface area contributed by atoms with Crippen LogP contribution in [0, 0.1) is 23.5 Å². The molecule has 0 saturated heterocycles. The van der Waals surface area contributed by atoms with E-state index in [9.17, 15) is 8.78 Å². The Kier molecular flexibility index (Phi) is 27.7. The van der Waals surface area contributed by atoms with E-state index in [1.54, 1.807) is 6.07 Å². The van der Waals surface area contributed by atoms with Crippen molar-refractivity contribution in [2.24, 2.45) is 11.8 Å². The van der Waals surface area contributed by atoms with Gasteiger partial charge in [-0.25, -0.2) is 4.39 Å². The Morgan fingerprint density at radius 3 is 1.80 bits per heavy atom. The lowest BCUT2D eigenvalue weighted by atomic mass is 9.80. The van der Waals surface area contributed by atoms with Gasteiger partial charge in [0.15, 0.2) is 11.6 Å². The van der Waals surface area contributed by atoms with E-state index < -0.39 is 11.6 Å². The zero-order chi connectivity index (χ0) is 13.1. The fourth-order valence-electron chi connectivity index (χ4n) is 2.73. The molecule has 1 saturated carbocycles. The van der Waals surface area contributed by atoms with Crippen LogP contribution < -0.4 is 4.74 Å². The molecule has 0 aromatic heterocycles. The van der Waals surface area contributed by atoms with E-state index in [2.05, 4.69) is 6.92 Å². The van der Waals surface area contributed by atoms with E-state index in [0.29, 0.717) is 17.9 Å². The molecule has 2 rings (SSSR count). The highest BCUT2D eigenvalue weighted by molar-refractivity contribution is 5.31. The van der Waals surface area contributed by atoms with Gasteiger partial charge < -0.3 is 4.74 Å². The van der Waals surface area contributed by atoms with Crippen LogP contribution in [0.3, 0.4) is 0 Å². The van der Waals surface area contributed by atoms with Crippen LogP contribution in [0.1, 0.15) is 91.6 Å². The van der Waals surface area contributed by atoms with Crippen molar-refractivity contribution in [2.75, 3.05) is 7.11 Å². The highest BCUT2D eigenvalue weighted by atomic mass is 19.2. The molecule has 0 bridgehead atoms. The number of ether oxygens (including phenoxy) is 1. The average molecular weight is 369 g/mol. The van der Waals surface area contributed by atoms with Crippen molar-refractivity contribution < 1.29 is 14.9 Å². The molecule has 1 aromatic rings. The molecular formula is C22H50F2O. The number of benzene rings is 1. The van der Waals surface area contributed by atoms with Gasteiger partial charge in [0.2, 0.25) is 5.82 Å². The van der Waals surface area contributed by atoms with Crippen molar-refractivity contribution in [3.8, 4) is 5.75 Å². The number of hydrogen-bond acceptors (Lipinski definition) is 1. The minimum absolute atomic E-state index is 0. The zero-order valence-corrected chi connectivity index (χ0v) is 11.0. The molecule has 0 unspecified atom stereocenters. The molecule has 0 amide bonds. The smallest absolute Gasteiger partial charge is 0.200 e. The lowest BCUT2D eigenvalue weighted by molar-refractivity contribution is 0.285. The standard InChI is InChI=1S/C15H20F2O.7CH4.H2/c1-10-3-5-11(6-4-10)9-12-7-8-13(18-2)15(17)14(12)16;;;;;;;;/h7-8,10-11H,3-6,9H2,1-2H3;7*1H4;1H. The Labute approximate surface area is 160 Å². The summed E-state index contributed by atoms with van der Waals surface area (Å²) in [4.78, 5) is 0. The summed E-state index contributed by atoms with van der Waals surface area (Å²) < 4.78 is 32.2. The predicted molar refractivity (Wildman–Crippen MR) is 117 cm³/mol. The first-order valence-corrected chi connectivity index (χ1v) is 6.62. The summed E-state index contributed by atoms with van der Waals surface area (Å²) in [7, 11) is 1.35. The van der Waals surface area contributed by atoms with Gasteiger partial charge in [-0.2, -0.15) is 4.39 Å². The summed E-state index contributed by atoms with van der Waals surface area (Å²) in [5.74, 6) is -0.358. The van der Waals surface area contributed by atoms with Gasteiger partial charge in [0.1, 0.15) is 0 Å². The van der Waals surface area contributed by atoms with Crippen molar-refractivity contribution in [3.63, 3.8) is 0 Å². The monoisotopic (exact) mass is 368 g/mol. The largest absolute Gasteiger partial charge is 0.494 e. The molecule has 0 aliphatic heterocycles. The van der Waals surface area contributed by atoms with Crippen molar-refractivity contribution in [1.29, 1.82) is 0 Å². The van der Waals surface area contributed by atoms with E-state index in [1.807, 2.05) is 0 Å². The second-order valence-electron chi connectivity index (χ2n) is 5.38. The van der Waals surface area contributed by atoms with Crippen LogP contribution in [0.4, 0.5) is 8.78 Å². The van der Waals surface area contributed by atoms with Gasteiger partial charge in [0, 0.05) is 1.43 Å². The second-order valence-corrected chi connectivity index (χ2v) is 5.38. The van der Waals surface area contributed by atoms with Gasteiger partial charge >= 0.3 is 0 Å². The third kappa shape index (κ3) is 9.81. The van der Waals surface area contributed by atoms with Crippen molar-refractivity contribution in [1.82, 2.24) is 0 Å². The maximum absolute atomic E-state index is 13.8. The molecule has 0 heterocycles. The number of methoxy groups -OCH3 is 1. The molecule has 1 fully saturated rings. The normalized spacial score (nSPS) is 17.3. The van der Waals surface area contributed by atoms with Crippen molar-refractivity contribution in [3.05, 3.63) is 29.3 Å². The maximum atomic E-state index is 13.8. The lowest BCUT2D eigenvalue weighted by Crippen LogP contribution is -2.15. The quantitative estimate of drug-likeness (QED) is 0.517. The van der Waals surface area contributed by atoms with E-state index in [4.69, 9.17) is 4.74 Å². The number of halogens is 2. The van der Waals surface area contributed by atoms with Crippen LogP contribution in [-0.4, -0.2) is 7.11 Å². The lowest BCUT2D eigenvalue weighted by Gasteiger charge is -2.26. The number of rotatable bonds is 3. The third-order valence-electron chi connectivity index (χ3n) is 3.99. The van der Waals surface area contributed by atoms with E-state index >= 15 is 0 Å². The topological polar surface area (TPSA) is 9.23 Å². The van der Waals surface area contributed by atoms with Crippen LogP contribution in [0.25, 0.3) is 0 Å². The fraction of sp³-hybridized carbons (Fsp3) is 0.727. The summed E-state index contributed by atoms with van der Waals surface area (Å²) >= 11 is 0. The minimum Gasteiger partial charge on any atom is -0.494 e. The van der Waals surface area contributed by atoms with Gasteiger partial charge in [0.25, 0.3) is 0 Å². The summed E-state index contributed by atoms with van der Waals surface area (Å²) in [6.07, 6.45) is 5.28. The van der Waals surface area contributed by atoms with Crippen LogP contribution >= 0.6 is 0 Å². The molecule has 1 nitrogen and oxygen atoms in total. The van der Waals surface area contributed by atoms with Gasteiger partial charge in [-0.15, -0.1) is 0 Å². The fourth-order valence-corrected chi connectivity index (χ4v) is 2.73. The maximum Gasteiger partial charge on any atom is 0.200 e. The summed E-state index contributed by atoms with van der Waals surface area (Å²) in [6.45, 7) is 2.25. The third-order valence-corrected chi connectivity index (χ3v) is 3.99. The molecule has 1 aliphatic rings. The second kappa shape index (κ2) is 17.7. The first-order chi connectivity index (χ1) is 8.61. The Morgan fingerprint density at radius 1 is 0.880 bits per heavy atom. The SMILES string of the molecule is C.C.C.C.C.C.C.COc1ccc(CC2CCC(C)CC2)c(F)c1F.[HH]. The summed E-state index contributed by atoms with van der Waals surface area (Å²) in [5, 5.41) is 0. The van der Waals surface area contributed by atoms with Crippen molar-refractivity contribution >= 4 is 0 Å². The molecule has 0 spiro atoms. The van der Waals surface area contributed by atoms with Crippen LogP contribution in [0.2, 0.25) is 0 Å². The van der Waals surface area contributed by atoms with Crippen molar-refractivity contribution in [2.45, 2.75) is 91.0 Å². The molecule has 158 valence electrons. The highest BCUT2D eigenvalue weighted by Gasteiger charge is 2.21. The highest BCUT2D eigenvalue weighted by Crippen LogP contribution is 2.32. The first-order valence-electron chi connectivity index (χ1n) is 6.62. The minimum atomic E-state index is -0.862. The Balaban J connectivity index is -0.0000000902. The van der Waals surface area contributed by atoms with E-state index in [0.717, 1.165) is 18.8 Å². The van der Waals surface area contributed by atoms with Gasteiger partial charge in [-0.1, -0.05) is 77.8 Å². The van der Waals surface area contributed by atoms with E-state index in [-0.39, 0.29) is 59.2 Å². The molecule has 3 heteroatoms. The van der Waals surface area contributed by atoms with Crippen LogP contribution in [0.5, 0.6) is 5.75 Å². The predicted octanol–water partition coefficient (Wildman–Crippen LogP) is 9.04. The molecule has 0 N–H and O–H groups in total. The summed E-state index contributed by atoms with van der Waals surface area (Å²) in [5.41, 5.74) is 0.479. The van der Waals surface area contributed by atoms with Gasteiger partial charge in [-0.05, 0) is 42.7 Å². The summed E-state index contributed by atoms with van der Waals surface area (Å²) in [6, 6.07) is 3.16. The molecule has 1 aromatic carbocycles. The Hall–Kier alpha value is -1.12. The Bertz CT molecular complexity index is 417. The molecule has 0 atom stereocenters. The van der Waals surface area contributed by atoms with Gasteiger partial charge in [0.05, 0.1) is 7.11 Å². The molecular weight excluding hydrogens is 318 g/mol. The van der Waals surface area contributed by atoms with E-state index in [1.165, 1.54) is 26.0 Å².